The Morgan fingerprint density at radius 1 is 0.833 bits per heavy atom. The van der Waals surface area contributed by atoms with E-state index < -0.39 is 35.8 Å². The van der Waals surface area contributed by atoms with Gasteiger partial charge >= 0.3 is 0 Å². The van der Waals surface area contributed by atoms with Gasteiger partial charge in [-0.2, -0.15) is 31.8 Å². The molecule has 0 unspecified atom stereocenters. The number of anilines is 4. The second-order valence-corrected chi connectivity index (χ2v) is 10.8. The molecule has 188 valence electrons. The van der Waals surface area contributed by atoms with E-state index >= 15 is 0 Å². The molecule has 5 N–H and O–H groups in total. The Morgan fingerprint density at radius 3 is 2.03 bits per heavy atom. The molecule has 36 heavy (non-hydrogen) atoms. The molecule has 1 aromatic heterocycles. The van der Waals surface area contributed by atoms with Gasteiger partial charge in [-0.25, -0.2) is 0 Å². The first-order chi connectivity index (χ1) is 16.7. The molecule has 4 aromatic rings. The highest BCUT2D eigenvalue weighted by Gasteiger charge is 2.23. The lowest BCUT2D eigenvalue weighted by Crippen LogP contribution is -2.07. The van der Waals surface area contributed by atoms with Gasteiger partial charge in [0.1, 0.15) is 10.6 Å². The summed E-state index contributed by atoms with van der Waals surface area (Å²) in [6.07, 6.45) is 0. The lowest BCUT2D eigenvalue weighted by Gasteiger charge is -2.15. The summed E-state index contributed by atoms with van der Waals surface area (Å²) >= 11 is 6.05. The van der Waals surface area contributed by atoms with Gasteiger partial charge in [-0.1, -0.05) is 18.2 Å². The lowest BCUT2D eigenvalue weighted by molar-refractivity contribution is 0.466. The minimum absolute atomic E-state index is 0.0303. The number of hydrogen-bond acceptors (Lipinski definition) is 10. The van der Waals surface area contributed by atoms with E-state index in [9.17, 15) is 31.0 Å². The van der Waals surface area contributed by atoms with Crippen molar-refractivity contribution in [2.75, 3.05) is 10.6 Å². The standard InChI is InChI=1S/C21H18ClN5O7S2/c1-10-5-3-4-6-14(10)23-20-25-19(22)26-21(27-20)24-15-9-13(35(29,30)31)7-12-8-16(36(32,33)34)11(2)18(28)17(12)15/h3-9,28H,1-2H3,(H,29,30,31)(H,32,33,34)(H2,23,24,25,26,27). The number of aromatic nitrogens is 3. The third-order valence-electron chi connectivity index (χ3n) is 5.21. The summed E-state index contributed by atoms with van der Waals surface area (Å²) in [4.78, 5) is 10.9. The van der Waals surface area contributed by atoms with E-state index in [1.54, 1.807) is 12.1 Å². The molecule has 0 aliphatic rings. The number of aromatic hydroxyl groups is 1. The second-order valence-electron chi connectivity index (χ2n) is 7.68. The molecular formula is C21H18ClN5O7S2. The van der Waals surface area contributed by atoms with Crippen LogP contribution in [0.1, 0.15) is 11.1 Å². The van der Waals surface area contributed by atoms with Crippen molar-refractivity contribution >= 4 is 65.9 Å². The van der Waals surface area contributed by atoms with E-state index in [-0.39, 0.29) is 39.2 Å². The van der Waals surface area contributed by atoms with Gasteiger partial charge in [0.05, 0.1) is 10.6 Å². The third kappa shape index (κ3) is 5.17. The summed E-state index contributed by atoms with van der Waals surface area (Å²) in [5.74, 6) is -0.671. The summed E-state index contributed by atoms with van der Waals surface area (Å²) in [7, 11) is -9.53. The van der Waals surface area contributed by atoms with Gasteiger partial charge in [0, 0.05) is 16.6 Å². The average molecular weight is 552 g/mol. The Labute approximate surface area is 210 Å². The van der Waals surface area contributed by atoms with Gasteiger partial charge in [0.2, 0.25) is 17.2 Å². The van der Waals surface area contributed by atoms with Crippen molar-refractivity contribution < 1.29 is 31.0 Å². The normalized spacial score (nSPS) is 12.0. The quantitative estimate of drug-likeness (QED) is 0.217. The number of phenols is 1. The molecule has 0 spiro atoms. The number of phenolic OH excluding ortho intramolecular Hbond substituents is 1. The van der Waals surface area contributed by atoms with Crippen molar-refractivity contribution in [3.8, 4) is 5.75 Å². The van der Waals surface area contributed by atoms with Crippen LogP contribution in [-0.4, -0.2) is 46.0 Å². The van der Waals surface area contributed by atoms with Crippen LogP contribution in [0.5, 0.6) is 5.75 Å². The molecule has 0 atom stereocenters. The molecule has 0 saturated heterocycles. The highest BCUT2D eigenvalue weighted by Crippen LogP contribution is 2.40. The number of para-hydroxylation sites is 1. The highest BCUT2D eigenvalue weighted by molar-refractivity contribution is 7.86. The number of halogens is 1. The van der Waals surface area contributed by atoms with Crippen LogP contribution in [-0.2, 0) is 20.2 Å². The highest BCUT2D eigenvalue weighted by atomic mass is 35.5. The van der Waals surface area contributed by atoms with Gasteiger partial charge in [0.25, 0.3) is 20.2 Å². The van der Waals surface area contributed by atoms with E-state index in [1.165, 1.54) is 6.92 Å². The van der Waals surface area contributed by atoms with Crippen LogP contribution in [0.15, 0.2) is 52.3 Å². The van der Waals surface area contributed by atoms with E-state index in [0.29, 0.717) is 5.69 Å². The Balaban J connectivity index is 1.89. The molecule has 0 aliphatic carbocycles. The molecule has 0 amide bonds. The van der Waals surface area contributed by atoms with Gasteiger partial charge in [-0.05, 0) is 60.7 Å². The van der Waals surface area contributed by atoms with E-state index in [2.05, 4.69) is 25.6 Å². The van der Waals surface area contributed by atoms with Gasteiger partial charge in [0.15, 0.2) is 0 Å². The van der Waals surface area contributed by atoms with E-state index in [1.807, 2.05) is 19.1 Å². The molecule has 0 bridgehead atoms. The zero-order valence-corrected chi connectivity index (χ0v) is 20.9. The van der Waals surface area contributed by atoms with E-state index in [4.69, 9.17) is 11.6 Å². The number of benzene rings is 3. The zero-order chi connectivity index (χ0) is 26.4. The third-order valence-corrected chi connectivity index (χ3v) is 7.19. The molecule has 15 heteroatoms. The summed E-state index contributed by atoms with van der Waals surface area (Å²) < 4.78 is 66.4. The van der Waals surface area contributed by atoms with Crippen LogP contribution in [0, 0.1) is 13.8 Å². The molecular weight excluding hydrogens is 534 g/mol. The van der Waals surface area contributed by atoms with Crippen LogP contribution < -0.4 is 10.6 Å². The molecule has 0 radical (unpaired) electrons. The Hall–Kier alpha value is -3.56. The first-order valence-corrected chi connectivity index (χ1v) is 13.3. The monoisotopic (exact) mass is 551 g/mol. The van der Waals surface area contributed by atoms with Crippen molar-refractivity contribution in [2.45, 2.75) is 23.6 Å². The minimum Gasteiger partial charge on any atom is -0.507 e. The minimum atomic E-state index is -4.77. The fourth-order valence-corrected chi connectivity index (χ4v) is 4.96. The van der Waals surface area contributed by atoms with Crippen LogP contribution >= 0.6 is 11.6 Å². The first kappa shape index (κ1) is 25.5. The van der Waals surface area contributed by atoms with Crippen LogP contribution in [0.4, 0.5) is 23.3 Å². The first-order valence-electron chi connectivity index (χ1n) is 10.0. The smallest absolute Gasteiger partial charge is 0.294 e. The number of hydrogen-bond donors (Lipinski definition) is 5. The molecule has 12 nitrogen and oxygen atoms in total. The van der Waals surface area contributed by atoms with Crippen molar-refractivity contribution in [1.82, 2.24) is 15.0 Å². The molecule has 4 rings (SSSR count). The predicted octanol–water partition coefficient (Wildman–Crippen LogP) is 3.98. The van der Waals surface area contributed by atoms with E-state index in [0.717, 1.165) is 23.8 Å². The molecule has 0 aliphatic heterocycles. The Bertz CT molecular complexity index is 1750. The predicted molar refractivity (Wildman–Crippen MR) is 133 cm³/mol. The van der Waals surface area contributed by atoms with Crippen molar-refractivity contribution in [2.24, 2.45) is 0 Å². The van der Waals surface area contributed by atoms with Crippen LogP contribution in [0.3, 0.4) is 0 Å². The van der Waals surface area contributed by atoms with Gasteiger partial charge in [-0.15, -0.1) is 0 Å². The number of nitrogens with zero attached hydrogens (tertiary/aromatic N) is 3. The summed E-state index contributed by atoms with van der Waals surface area (Å²) in [6.45, 7) is 3.12. The summed E-state index contributed by atoms with van der Waals surface area (Å²) in [5.41, 5.74) is 1.29. The average Bonchev–Trinajstić information content (AvgIpc) is 2.75. The molecule has 3 aromatic carbocycles. The SMILES string of the molecule is Cc1ccccc1Nc1nc(Cl)nc(Nc2cc(S(=O)(=O)O)cc3cc(S(=O)(=O)O)c(C)c(O)c23)n1. The Kier molecular flexibility index (Phi) is 6.49. The number of nitrogens with one attached hydrogen (secondary N) is 2. The maximum atomic E-state index is 11.9. The number of rotatable bonds is 6. The molecule has 0 fully saturated rings. The van der Waals surface area contributed by atoms with Crippen molar-refractivity contribution in [3.05, 3.63) is 58.9 Å². The fraction of sp³-hybridized carbons (Fsp3) is 0.0952. The summed E-state index contributed by atoms with van der Waals surface area (Å²) in [6, 6.07) is 10.2. The largest absolute Gasteiger partial charge is 0.507 e. The molecule has 1 heterocycles. The van der Waals surface area contributed by atoms with Crippen LogP contribution in [0.25, 0.3) is 10.8 Å². The fourth-order valence-electron chi connectivity index (χ4n) is 3.50. The molecule has 0 saturated carbocycles. The van der Waals surface area contributed by atoms with Gasteiger partial charge in [-0.3, -0.25) is 9.11 Å². The maximum Gasteiger partial charge on any atom is 0.294 e. The maximum absolute atomic E-state index is 11.9. The van der Waals surface area contributed by atoms with Crippen molar-refractivity contribution in [3.63, 3.8) is 0 Å². The van der Waals surface area contributed by atoms with Crippen molar-refractivity contribution in [1.29, 1.82) is 0 Å². The van der Waals surface area contributed by atoms with Gasteiger partial charge < -0.3 is 15.7 Å². The second kappa shape index (κ2) is 9.15. The Morgan fingerprint density at radius 2 is 1.44 bits per heavy atom. The zero-order valence-electron chi connectivity index (χ0n) is 18.6. The summed E-state index contributed by atoms with van der Waals surface area (Å²) in [5, 5.41) is 16.1. The lowest BCUT2D eigenvalue weighted by atomic mass is 10.0. The topological polar surface area (TPSA) is 192 Å². The number of aryl methyl sites for hydroxylation is 1. The number of fused-ring (bicyclic) bond motifs is 1. The van der Waals surface area contributed by atoms with Crippen LogP contribution in [0.2, 0.25) is 5.28 Å².